The fraction of sp³-hybridized carbons (Fsp3) is 0.188. The maximum Gasteiger partial charge on any atom is 0.257 e. The summed E-state index contributed by atoms with van der Waals surface area (Å²) in [6.45, 7) is 2.73. The van der Waals surface area contributed by atoms with E-state index in [1.54, 1.807) is 30.3 Å². The van der Waals surface area contributed by atoms with Gasteiger partial charge in [0, 0.05) is 5.69 Å². The Morgan fingerprint density at radius 3 is 2.52 bits per heavy atom. The zero-order valence-electron chi connectivity index (χ0n) is 11.9. The zero-order valence-corrected chi connectivity index (χ0v) is 11.9. The highest BCUT2D eigenvalue weighted by Gasteiger charge is 2.10. The molecule has 0 atom stereocenters. The summed E-state index contributed by atoms with van der Waals surface area (Å²) in [5.41, 5.74) is 4.29. The van der Waals surface area contributed by atoms with Crippen LogP contribution in [0.2, 0.25) is 0 Å². The second-order valence-electron chi connectivity index (χ2n) is 4.52. The quantitative estimate of drug-likeness (QED) is 0.563. The SMILES string of the molecule is CCCOc1ccc(NC(=O)c2ccccc2NN)cc1. The first kappa shape index (κ1) is 14.9. The number of anilines is 2. The lowest BCUT2D eigenvalue weighted by atomic mass is 10.1. The van der Waals surface area contributed by atoms with Gasteiger partial charge in [-0.25, -0.2) is 0 Å². The van der Waals surface area contributed by atoms with Gasteiger partial charge in [0.1, 0.15) is 5.75 Å². The minimum atomic E-state index is -0.217. The highest BCUT2D eigenvalue weighted by molar-refractivity contribution is 6.07. The van der Waals surface area contributed by atoms with Crippen LogP contribution in [0.25, 0.3) is 0 Å². The number of hydrogen-bond acceptors (Lipinski definition) is 4. The van der Waals surface area contributed by atoms with Crippen LogP contribution in [0.15, 0.2) is 48.5 Å². The smallest absolute Gasteiger partial charge is 0.257 e. The van der Waals surface area contributed by atoms with E-state index in [1.807, 2.05) is 18.2 Å². The molecule has 0 radical (unpaired) electrons. The largest absolute Gasteiger partial charge is 0.494 e. The minimum absolute atomic E-state index is 0.217. The van der Waals surface area contributed by atoms with Crippen LogP contribution in [-0.4, -0.2) is 12.5 Å². The lowest BCUT2D eigenvalue weighted by Gasteiger charge is -2.10. The first-order chi connectivity index (χ1) is 10.2. The van der Waals surface area contributed by atoms with Crippen LogP contribution in [0.5, 0.6) is 5.75 Å². The lowest BCUT2D eigenvalue weighted by molar-refractivity contribution is 0.102. The Hall–Kier alpha value is -2.53. The van der Waals surface area contributed by atoms with Crippen molar-refractivity contribution in [2.45, 2.75) is 13.3 Å². The number of carbonyl (C=O) groups is 1. The molecule has 5 nitrogen and oxygen atoms in total. The number of amides is 1. The molecule has 0 aromatic heterocycles. The fourth-order valence-electron chi connectivity index (χ4n) is 1.86. The number of rotatable bonds is 6. The third-order valence-electron chi connectivity index (χ3n) is 2.91. The number of nitrogen functional groups attached to an aromatic ring is 1. The molecule has 0 aliphatic carbocycles. The second kappa shape index (κ2) is 7.31. The first-order valence-corrected chi connectivity index (χ1v) is 6.84. The van der Waals surface area contributed by atoms with E-state index < -0.39 is 0 Å². The molecule has 0 saturated carbocycles. The van der Waals surface area contributed by atoms with Crippen LogP contribution in [0, 0.1) is 0 Å². The molecular weight excluding hydrogens is 266 g/mol. The van der Waals surface area contributed by atoms with Crippen molar-refractivity contribution in [2.75, 3.05) is 17.3 Å². The molecular formula is C16H19N3O2. The van der Waals surface area contributed by atoms with Crippen molar-refractivity contribution >= 4 is 17.3 Å². The predicted molar refractivity (Wildman–Crippen MR) is 84.4 cm³/mol. The van der Waals surface area contributed by atoms with E-state index in [2.05, 4.69) is 17.7 Å². The van der Waals surface area contributed by atoms with Gasteiger partial charge in [0.15, 0.2) is 0 Å². The van der Waals surface area contributed by atoms with Gasteiger partial charge in [0.2, 0.25) is 0 Å². The van der Waals surface area contributed by atoms with E-state index in [4.69, 9.17) is 10.6 Å². The highest BCUT2D eigenvalue weighted by atomic mass is 16.5. The van der Waals surface area contributed by atoms with Crippen LogP contribution in [0.4, 0.5) is 11.4 Å². The number of hydrazine groups is 1. The van der Waals surface area contributed by atoms with Crippen LogP contribution in [0.3, 0.4) is 0 Å². The molecule has 0 spiro atoms. The standard InChI is InChI=1S/C16H19N3O2/c1-2-11-21-13-9-7-12(8-10-13)18-16(20)14-5-3-4-6-15(14)19-17/h3-10,19H,2,11,17H2,1H3,(H,18,20). The topological polar surface area (TPSA) is 76.4 Å². The van der Waals surface area contributed by atoms with Crippen molar-refractivity contribution < 1.29 is 9.53 Å². The molecule has 2 aromatic carbocycles. The van der Waals surface area contributed by atoms with Gasteiger partial charge in [-0.2, -0.15) is 0 Å². The molecule has 0 saturated heterocycles. The first-order valence-electron chi connectivity index (χ1n) is 6.84. The highest BCUT2D eigenvalue weighted by Crippen LogP contribution is 2.19. The fourth-order valence-corrected chi connectivity index (χ4v) is 1.86. The van der Waals surface area contributed by atoms with Crippen LogP contribution in [0.1, 0.15) is 23.7 Å². The Bertz CT molecular complexity index is 597. The maximum absolute atomic E-state index is 12.2. The van der Waals surface area contributed by atoms with Crippen LogP contribution in [-0.2, 0) is 0 Å². The van der Waals surface area contributed by atoms with Gasteiger partial charge in [0.05, 0.1) is 17.9 Å². The van der Waals surface area contributed by atoms with E-state index in [0.717, 1.165) is 12.2 Å². The van der Waals surface area contributed by atoms with Crippen LogP contribution >= 0.6 is 0 Å². The summed E-state index contributed by atoms with van der Waals surface area (Å²) >= 11 is 0. The summed E-state index contributed by atoms with van der Waals surface area (Å²) in [6.07, 6.45) is 0.960. The number of carbonyl (C=O) groups excluding carboxylic acids is 1. The molecule has 0 bridgehead atoms. The van der Waals surface area contributed by atoms with Crippen molar-refractivity contribution in [1.82, 2.24) is 0 Å². The Kier molecular flexibility index (Phi) is 5.17. The Balaban J connectivity index is 2.05. The monoisotopic (exact) mass is 285 g/mol. The summed E-state index contributed by atoms with van der Waals surface area (Å²) < 4.78 is 5.50. The third kappa shape index (κ3) is 3.97. The normalized spacial score (nSPS) is 10.0. The van der Waals surface area contributed by atoms with E-state index in [9.17, 15) is 4.79 Å². The summed E-state index contributed by atoms with van der Waals surface area (Å²) in [5.74, 6) is 5.98. The second-order valence-corrected chi connectivity index (χ2v) is 4.52. The molecule has 21 heavy (non-hydrogen) atoms. The van der Waals surface area contributed by atoms with E-state index in [-0.39, 0.29) is 5.91 Å². The lowest BCUT2D eigenvalue weighted by Crippen LogP contribution is -2.17. The number of ether oxygens (including phenoxy) is 1. The summed E-state index contributed by atoms with van der Waals surface area (Å²) in [6, 6.07) is 14.3. The van der Waals surface area contributed by atoms with E-state index in [0.29, 0.717) is 23.5 Å². The van der Waals surface area contributed by atoms with Crippen molar-refractivity contribution in [2.24, 2.45) is 5.84 Å². The van der Waals surface area contributed by atoms with Gasteiger partial charge < -0.3 is 15.5 Å². The van der Waals surface area contributed by atoms with Gasteiger partial charge in [-0.3, -0.25) is 10.6 Å². The number of benzene rings is 2. The van der Waals surface area contributed by atoms with E-state index in [1.165, 1.54) is 0 Å². The molecule has 110 valence electrons. The Morgan fingerprint density at radius 2 is 1.86 bits per heavy atom. The zero-order chi connectivity index (χ0) is 15.1. The predicted octanol–water partition coefficient (Wildman–Crippen LogP) is 3.01. The summed E-state index contributed by atoms with van der Waals surface area (Å²) in [4.78, 5) is 12.2. The summed E-state index contributed by atoms with van der Waals surface area (Å²) in [5, 5.41) is 2.83. The van der Waals surface area contributed by atoms with Crippen molar-refractivity contribution in [3.63, 3.8) is 0 Å². The Labute approximate surface area is 124 Å². The molecule has 1 amide bonds. The number of hydrogen-bond donors (Lipinski definition) is 3. The molecule has 0 fully saturated rings. The number of nitrogens with two attached hydrogens (primary N) is 1. The molecule has 0 aliphatic rings. The van der Waals surface area contributed by atoms with Crippen molar-refractivity contribution in [3.8, 4) is 5.75 Å². The molecule has 2 rings (SSSR count). The van der Waals surface area contributed by atoms with Gasteiger partial charge >= 0.3 is 0 Å². The summed E-state index contributed by atoms with van der Waals surface area (Å²) in [7, 11) is 0. The van der Waals surface area contributed by atoms with Gasteiger partial charge in [-0.15, -0.1) is 0 Å². The van der Waals surface area contributed by atoms with Gasteiger partial charge in [-0.05, 0) is 42.8 Å². The van der Waals surface area contributed by atoms with Gasteiger partial charge in [-0.1, -0.05) is 19.1 Å². The van der Waals surface area contributed by atoms with Crippen molar-refractivity contribution in [1.29, 1.82) is 0 Å². The Morgan fingerprint density at radius 1 is 1.14 bits per heavy atom. The molecule has 0 aliphatic heterocycles. The molecule has 5 heteroatoms. The molecule has 0 heterocycles. The van der Waals surface area contributed by atoms with Crippen LogP contribution < -0.4 is 21.3 Å². The molecule has 2 aromatic rings. The molecule has 0 unspecified atom stereocenters. The third-order valence-corrected chi connectivity index (χ3v) is 2.91. The average molecular weight is 285 g/mol. The average Bonchev–Trinajstić information content (AvgIpc) is 2.54. The molecule has 4 N–H and O–H groups in total. The van der Waals surface area contributed by atoms with Crippen molar-refractivity contribution in [3.05, 3.63) is 54.1 Å². The van der Waals surface area contributed by atoms with Gasteiger partial charge in [0.25, 0.3) is 5.91 Å². The maximum atomic E-state index is 12.2. The number of nitrogens with one attached hydrogen (secondary N) is 2. The minimum Gasteiger partial charge on any atom is -0.494 e. The number of para-hydroxylation sites is 1. The van der Waals surface area contributed by atoms with E-state index >= 15 is 0 Å².